The number of rotatable bonds is 6. The number of ether oxygens (including phenoxy) is 4. The fourth-order valence-corrected chi connectivity index (χ4v) is 4.97. The number of carbonyl (C=O) groups excluding carboxylic acids is 1. The number of halogens is 2. The van der Waals surface area contributed by atoms with Crippen LogP contribution in [-0.4, -0.2) is 33.2 Å². The van der Waals surface area contributed by atoms with E-state index in [2.05, 4.69) is 5.32 Å². The van der Waals surface area contributed by atoms with Gasteiger partial charge in [0.2, 0.25) is 0 Å². The summed E-state index contributed by atoms with van der Waals surface area (Å²) in [6.07, 6.45) is -1.51. The SMILES string of the molecule is CCOC(=O)OC1Nc2cc(Cl)cc(Cl)c2C(c2ccc(OC)cc2)C1c1ccc(OC)cc1. The van der Waals surface area contributed by atoms with Gasteiger partial charge in [-0.25, -0.2) is 4.79 Å². The fourth-order valence-electron chi connectivity index (χ4n) is 4.35. The van der Waals surface area contributed by atoms with Gasteiger partial charge >= 0.3 is 6.16 Å². The Hall–Kier alpha value is -3.09. The van der Waals surface area contributed by atoms with Gasteiger partial charge in [-0.2, -0.15) is 0 Å². The Bertz CT molecular complexity index is 1150. The summed E-state index contributed by atoms with van der Waals surface area (Å²) in [7, 11) is 3.24. The topological polar surface area (TPSA) is 66.0 Å². The molecular formula is C26H25Cl2NO5. The number of nitrogens with one attached hydrogen (secondary N) is 1. The zero-order chi connectivity index (χ0) is 24.2. The second kappa shape index (κ2) is 10.5. The molecule has 1 N–H and O–H groups in total. The van der Waals surface area contributed by atoms with Crippen molar-refractivity contribution in [2.75, 3.05) is 26.1 Å². The molecule has 0 saturated heterocycles. The lowest BCUT2D eigenvalue weighted by atomic mass is 9.73. The van der Waals surface area contributed by atoms with E-state index in [0.717, 1.165) is 28.2 Å². The van der Waals surface area contributed by atoms with Gasteiger partial charge in [-0.15, -0.1) is 0 Å². The van der Waals surface area contributed by atoms with Gasteiger partial charge in [0.05, 0.1) is 26.7 Å². The molecular weight excluding hydrogens is 477 g/mol. The van der Waals surface area contributed by atoms with Gasteiger partial charge in [0, 0.05) is 27.2 Å². The Balaban J connectivity index is 1.90. The van der Waals surface area contributed by atoms with E-state index in [-0.39, 0.29) is 18.4 Å². The highest BCUT2D eigenvalue weighted by Crippen LogP contribution is 2.51. The fraction of sp³-hybridized carbons (Fsp3) is 0.269. The Morgan fingerprint density at radius 1 is 0.912 bits per heavy atom. The molecule has 6 nitrogen and oxygen atoms in total. The summed E-state index contributed by atoms with van der Waals surface area (Å²) in [6, 6.07) is 18.9. The predicted molar refractivity (Wildman–Crippen MR) is 133 cm³/mol. The van der Waals surface area contributed by atoms with Crippen LogP contribution in [0.4, 0.5) is 10.5 Å². The second-order valence-corrected chi connectivity index (χ2v) is 8.61. The minimum Gasteiger partial charge on any atom is -0.497 e. The number of hydrogen-bond acceptors (Lipinski definition) is 6. The Labute approximate surface area is 208 Å². The maximum Gasteiger partial charge on any atom is 0.510 e. The van der Waals surface area contributed by atoms with Crippen LogP contribution in [0.2, 0.25) is 10.0 Å². The number of methoxy groups -OCH3 is 2. The van der Waals surface area contributed by atoms with E-state index < -0.39 is 12.4 Å². The van der Waals surface area contributed by atoms with Crippen LogP contribution in [0.25, 0.3) is 0 Å². The lowest BCUT2D eigenvalue weighted by Crippen LogP contribution is -2.40. The molecule has 0 saturated carbocycles. The van der Waals surface area contributed by atoms with Crippen LogP contribution in [0, 0.1) is 0 Å². The first kappa shape index (κ1) is 24.0. The van der Waals surface area contributed by atoms with Crippen molar-refractivity contribution in [3.63, 3.8) is 0 Å². The van der Waals surface area contributed by atoms with Crippen molar-refractivity contribution in [3.8, 4) is 11.5 Å². The Kier molecular flexibility index (Phi) is 7.39. The molecule has 0 aliphatic carbocycles. The van der Waals surface area contributed by atoms with E-state index in [0.29, 0.717) is 15.7 Å². The monoisotopic (exact) mass is 501 g/mol. The summed E-state index contributed by atoms with van der Waals surface area (Å²) in [5, 5.41) is 4.31. The zero-order valence-electron chi connectivity index (χ0n) is 19.0. The minimum atomic E-state index is -0.761. The van der Waals surface area contributed by atoms with Gasteiger partial charge < -0.3 is 24.3 Å². The van der Waals surface area contributed by atoms with Crippen LogP contribution in [0.5, 0.6) is 11.5 Å². The van der Waals surface area contributed by atoms with Crippen LogP contribution >= 0.6 is 23.2 Å². The number of fused-ring (bicyclic) bond motifs is 1. The molecule has 3 aromatic carbocycles. The molecule has 0 radical (unpaired) electrons. The van der Waals surface area contributed by atoms with Gasteiger partial charge in [0.15, 0.2) is 6.23 Å². The van der Waals surface area contributed by atoms with Crippen LogP contribution in [0.3, 0.4) is 0 Å². The molecule has 0 amide bonds. The average Bonchev–Trinajstić information content (AvgIpc) is 2.83. The van der Waals surface area contributed by atoms with E-state index in [4.69, 9.17) is 42.1 Å². The summed E-state index contributed by atoms with van der Waals surface area (Å²) in [4.78, 5) is 12.4. The van der Waals surface area contributed by atoms with Crippen LogP contribution < -0.4 is 14.8 Å². The summed E-state index contributed by atoms with van der Waals surface area (Å²) >= 11 is 13.1. The lowest BCUT2D eigenvalue weighted by Gasteiger charge is -2.41. The van der Waals surface area contributed by atoms with Crippen molar-refractivity contribution < 1.29 is 23.7 Å². The van der Waals surface area contributed by atoms with Gasteiger partial charge in [-0.05, 0) is 54.4 Å². The minimum absolute atomic E-state index is 0.203. The van der Waals surface area contributed by atoms with Crippen LogP contribution in [0.15, 0.2) is 60.7 Å². The first-order valence-corrected chi connectivity index (χ1v) is 11.6. The summed E-state index contributed by atoms with van der Waals surface area (Å²) in [5.74, 6) is 0.858. The molecule has 178 valence electrons. The zero-order valence-corrected chi connectivity index (χ0v) is 20.5. The molecule has 8 heteroatoms. The molecule has 0 bridgehead atoms. The highest BCUT2D eigenvalue weighted by molar-refractivity contribution is 6.35. The molecule has 3 aromatic rings. The maximum absolute atomic E-state index is 12.4. The molecule has 0 spiro atoms. The number of carbonyl (C=O) groups is 1. The normalized spacial score (nSPS) is 18.9. The summed E-state index contributed by atoms with van der Waals surface area (Å²) in [6.45, 7) is 1.93. The third-order valence-corrected chi connectivity index (χ3v) is 6.38. The van der Waals surface area contributed by atoms with Gasteiger partial charge in [0.25, 0.3) is 0 Å². The summed E-state index contributed by atoms with van der Waals surface area (Å²) < 4.78 is 21.5. The number of hydrogen-bond donors (Lipinski definition) is 1. The number of benzene rings is 3. The van der Waals surface area contributed by atoms with Crippen LogP contribution in [0.1, 0.15) is 35.4 Å². The molecule has 1 aliphatic heterocycles. The van der Waals surface area contributed by atoms with Crippen molar-refractivity contribution in [2.24, 2.45) is 0 Å². The second-order valence-electron chi connectivity index (χ2n) is 7.76. The smallest absolute Gasteiger partial charge is 0.497 e. The standard InChI is InChI=1S/C26H25Cl2NO5/c1-4-33-26(30)34-25-23(16-7-11-19(32-3)12-8-16)22(15-5-9-18(31-2)10-6-15)24-20(28)13-17(27)14-21(24)29-25/h5-14,22-23,25,29H,4H2,1-3H3. The quantitative estimate of drug-likeness (QED) is 0.372. The van der Waals surface area contributed by atoms with Gasteiger partial charge in [-0.3, -0.25) is 0 Å². The van der Waals surface area contributed by atoms with Crippen molar-refractivity contribution in [2.45, 2.75) is 25.0 Å². The molecule has 1 aliphatic rings. The van der Waals surface area contributed by atoms with Crippen LogP contribution in [-0.2, 0) is 9.47 Å². The molecule has 34 heavy (non-hydrogen) atoms. The highest BCUT2D eigenvalue weighted by Gasteiger charge is 2.42. The van der Waals surface area contributed by atoms with Crippen molar-refractivity contribution in [1.29, 1.82) is 0 Å². The maximum atomic E-state index is 12.4. The third-order valence-electron chi connectivity index (χ3n) is 5.85. The Morgan fingerprint density at radius 3 is 2.06 bits per heavy atom. The first-order chi connectivity index (χ1) is 16.4. The lowest BCUT2D eigenvalue weighted by molar-refractivity contribution is 0.0230. The Morgan fingerprint density at radius 2 is 1.50 bits per heavy atom. The van der Waals surface area contributed by atoms with Gasteiger partial charge in [-0.1, -0.05) is 47.5 Å². The summed E-state index contributed by atoms with van der Waals surface area (Å²) in [5.41, 5.74) is 3.46. The highest BCUT2D eigenvalue weighted by atomic mass is 35.5. The van der Waals surface area contributed by atoms with Crippen molar-refractivity contribution in [3.05, 3.63) is 87.4 Å². The van der Waals surface area contributed by atoms with E-state index in [1.807, 2.05) is 48.5 Å². The number of anilines is 1. The van der Waals surface area contributed by atoms with Gasteiger partial charge in [0.1, 0.15) is 11.5 Å². The predicted octanol–water partition coefficient (Wildman–Crippen LogP) is 6.85. The van der Waals surface area contributed by atoms with E-state index in [1.54, 1.807) is 33.3 Å². The third kappa shape index (κ3) is 4.88. The molecule has 3 unspecified atom stereocenters. The van der Waals surface area contributed by atoms with E-state index >= 15 is 0 Å². The first-order valence-electron chi connectivity index (χ1n) is 10.8. The largest absolute Gasteiger partial charge is 0.510 e. The molecule has 3 atom stereocenters. The molecule has 1 heterocycles. The molecule has 0 aromatic heterocycles. The molecule has 0 fully saturated rings. The van der Waals surface area contributed by atoms with E-state index in [9.17, 15) is 4.79 Å². The molecule has 4 rings (SSSR count). The van der Waals surface area contributed by atoms with Crippen molar-refractivity contribution >= 4 is 35.0 Å². The van der Waals surface area contributed by atoms with Crippen molar-refractivity contribution in [1.82, 2.24) is 0 Å². The van der Waals surface area contributed by atoms with E-state index in [1.165, 1.54) is 0 Å². The average molecular weight is 502 g/mol.